The number of ether oxygens (including phenoxy) is 3. The van der Waals surface area contributed by atoms with E-state index in [1.54, 1.807) is 38.6 Å². The Balaban J connectivity index is 1.50. The van der Waals surface area contributed by atoms with Crippen LogP contribution in [-0.4, -0.2) is 61.6 Å². The van der Waals surface area contributed by atoms with Crippen molar-refractivity contribution < 1.29 is 19.0 Å². The molecule has 1 fully saturated rings. The number of hydrogen-bond acceptors (Lipinski definition) is 6. The van der Waals surface area contributed by atoms with E-state index in [0.717, 1.165) is 23.6 Å². The summed E-state index contributed by atoms with van der Waals surface area (Å²) in [4.78, 5) is 21.8. The molecular formula is C26H29N3O4. The molecule has 1 aliphatic rings. The van der Waals surface area contributed by atoms with Crippen LogP contribution in [0.25, 0.3) is 0 Å². The lowest BCUT2D eigenvalue weighted by Gasteiger charge is -2.40. The molecule has 0 saturated carbocycles. The monoisotopic (exact) mass is 447 g/mol. The molecule has 7 heteroatoms. The van der Waals surface area contributed by atoms with Crippen molar-refractivity contribution >= 4 is 5.91 Å². The number of benzene rings is 2. The first kappa shape index (κ1) is 22.6. The molecule has 0 bridgehead atoms. The molecule has 33 heavy (non-hydrogen) atoms. The number of hydrogen-bond donors (Lipinski definition) is 0. The van der Waals surface area contributed by atoms with E-state index in [0.29, 0.717) is 36.8 Å². The van der Waals surface area contributed by atoms with Crippen molar-refractivity contribution in [2.75, 3.05) is 40.9 Å². The molecule has 3 aromatic rings. The zero-order valence-electron chi connectivity index (χ0n) is 19.2. The van der Waals surface area contributed by atoms with Crippen LogP contribution in [0.3, 0.4) is 0 Å². The molecule has 2 aromatic carbocycles. The van der Waals surface area contributed by atoms with Crippen LogP contribution in [0.1, 0.15) is 27.7 Å². The quantitative estimate of drug-likeness (QED) is 0.549. The molecule has 0 spiro atoms. The van der Waals surface area contributed by atoms with Crippen molar-refractivity contribution in [3.63, 3.8) is 0 Å². The number of pyridine rings is 1. The lowest BCUT2D eigenvalue weighted by molar-refractivity contribution is 0.0542. The summed E-state index contributed by atoms with van der Waals surface area (Å²) in [6.07, 6.45) is 1.73. The maximum atomic E-state index is 13.4. The Morgan fingerprint density at radius 2 is 1.76 bits per heavy atom. The number of para-hydroxylation sites is 1. The van der Waals surface area contributed by atoms with Crippen LogP contribution in [0, 0.1) is 0 Å². The van der Waals surface area contributed by atoms with Gasteiger partial charge in [-0.15, -0.1) is 0 Å². The summed E-state index contributed by atoms with van der Waals surface area (Å²) in [5.74, 6) is 1.90. The molecule has 172 valence electrons. The molecule has 1 aliphatic heterocycles. The smallest absolute Gasteiger partial charge is 0.254 e. The Kier molecular flexibility index (Phi) is 7.10. The average Bonchev–Trinajstić information content (AvgIpc) is 2.88. The Hall–Kier alpha value is -3.58. The highest BCUT2D eigenvalue weighted by Gasteiger charge is 2.31. The van der Waals surface area contributed by atoms with Gasteiger partial charge in [0.15, 0.2) is 11.5 Å². The van der Waals surface area contributed by atoms with Gasteiger partial charge in [0.2, 0.25) is 0 Å². The van der Waals surface area contributed by atoms with Crippen LogP contribution < -0.4 is 14.2 Å². The van der Waals surface area contributed by atoms with Crippen LogP contribution in [0.4, 0.5) is 0 Å². The lowest BCUT2D eigenvalue weighted by atomic mass is 10.0. The van der Waals surface area contributed by atoms with E-state index in [1.807, 2.05) is 41.3 Å². The van der Waals surface area contributed by atoms with Gasteiger partial charge in [-0.1, -0.05) is 24.3 Å². The second-order valence-electron chi connectivity index (χ2n) is 7.96. The first-order valence-electron chi connectivity index (χ1n) is 10.9. The second-order valence-corrected chi connectivity index (χ2v) is 7.96. The second kappa shape index (κ2) is 10.4. The minimum atomic E-state index is -0.0300. The van der Waals surface area contributed by atoms with Gasteiger partial charge in [-0.25, -0.2) is 0 Å². The normalized spacial score (nSPS) is 16.3. The van der Waals surface area contributed by atoms with Crippen molar-refractivity contribution in [1.29, 1.82) is 0 Å². The number of amides is 1. The number of carbonyl (C=O) groups is 1. The fourth-order valence-corrected chi connectivity index (χ4v) is 4.07. The summed E-state index contributed by atoms with van der Waals surface area (Å²) in [7, 11) is 5.33. The van der Waals surface area contributed by atoms with E-state index in [1.165, 1.54) is 0 Å². The van der Waals surface area contributed by atoms with E-state index in [9.17, 15) is 4.79 Å². The van der Waals surface area contributed by atoms with Gasteiger partial charge in [0, 0.05) is 37.0 Å². The molecule has 1 saturated heterocycles. The first-order chi connectivity index (χ1) is 16.1. The topological polar surface area (TPSA) is 64.1 Å². The summed E-state index contributed by atoms with van der Waals surface area (Å²) in [5, 5.41) is 0. The van der Waals surface area contributed by atoms with Crippen molar-refractivity contribution in [1.82, 2.24) is 14.8 Å². The van der Waals surface area contributed by atoms with Crippen LogP contribution in [0.15, 0.2) is 66.9 Å². The van der Waals surface area contributed by atoms with Crippen LogP contribution in [0.2, 0.25) is 0 Å². The van der Waals surface area contributed by atoms with Crippen LogP contribution in [0.5, 0.6) is 17.2 Å². The molecule has 1 aromatic heterocycles. The molecule has 1 atom stereocenters. The van der Waals surface area contributed by atoms with E-state index in [-0.39, 0.29) is 11.9 Å². The van der Waals surface area contributed by atoms with Gasteiger partial charge >= 0.3 is 0 Å². The number of nitrogens with zero attached hydrogens (tertiary/aromatic N) is 3. The molecular weight excluding hydrogens is 418 g/mol. The molecule has 2 heterocycles. The highest BCUT2D eigenvalue weighted by molar-refractivity contribution is 5.95. The zero-order valence-corrected chi connectivity index (χ0v) is 19.2. The minimum Gasteiger partial charge on any atom is -0.496 e. The largest absolute Gasteiger partial charge is 0.496 e. The fraction of sp³-hybridized carbons (Fsp3) is 0.308. The van der Waals surface area contributed by atoms with Gasteiger partial charge in [-0.05, 0) is 43.4 Å². The summed E-state index contributed by atoms with van der Waals surface area (Å²) in [6.45, 7) is 2.33. The van der Waals surface area contributed by atoms with E-state index >= 15 is 0 Å². The number of aromatic nitrogens is 1. The minimum absolute atomic E-state index is 0.0300. The number of likely N-dealkylation sites (N-methyl/N-ethyl adjacent to an activating group) is 1. The Labute approximate surface area is 194 Å². The Morgan fingerprint density at radius 1 is 0.970 bits per heavy atom. The molecule has 7 nitrogen and oxygen atoms in total. The zero-order chi connectivity index (χ0) is 23.2. The molecule has 4 rings (SSSR count). The number of methoxy groups -OCH3 is 2. The average molecular weight is 448 g/mol. The summed E-state index contributed by atoms with van der Waals surface area (Å²) >= 11 is 0. The third-order valence-electron chi connectivity index (χ3n) is 5.95. The molecule has 1 amide bonds. The van der Waals surface area contributed by atoms with Gasteiger partial charge < -0.3 is 19.1 Å². The third kappa shape index (κ3) is 5.09. The van der Waals surface area contributed by atoms with Gasteiger partial charge in [-0.2, -0.15) is 0 Å². The maximum Gasteiger partial charge on any atom is 0.254 e. The van der Waals surface area contributed by atoms with Gasteiger partial charge in [-0.3, -0.25) is 14.7 Å². The predicted octanol–water partition coefficient (Wildman–Crippen LogP) is 3.81. The Bertz CT molecular complexity index is 1090. The molecule has 0 N–H and O–H groups in total. The van der Waals surface area contributed by atoms with Gasteiger partial charge in [0.25, 0.3) is 5.91 Å². The van der Waals surface area contributed by atoms with Gasteiger partial charge in [0.05, 0.1) is 26.0 Å². The Morgan fingerprint density at radius 3 is 2.52 bits per heavy atom. The van der Waals surface area contributed by atoms with E-state index < -0.39 is 0 Å². The van der Waals surface area contributed by atoms with Crippen molar-refractivity contribution in [2.45, 2.75) is 12.6 Å². The third-order valence-corrected chi connectivity index (χ3v) is 5.95. The number of piperazine rings is 1. The summed E-state index contributed by atoms with van der Waals surface area (Å²) in [5.41, 5.74) is 2.47. The standard InChI is InChI=1S/C26H29N3O4/c1-28-14-15-29(17-22(28)21-9-4-5-10-23(21)31-2)26(30)19-11-12-24(25(16-19)32-3)33-18-20-8-6-7-13-27-20/h4-13,16,22H,14-15,17-18H2,1-3H3. The highest BCUT2D eigenvalue weighted by Crippen LogP contribution is 2.33. The first-order valence-corrected chi connectivity index (χ1v) is 10.9. The molecule has 0 radical (unpaired) electrons. The van der Waals surface area contributed by atoms with Gasteiger partial charge in [0.1, 0.15) is 12.4 Å². The molecule has 0 aliphatic carbocycles. The SMILES string of the molecule is COc1cc(C(=O)N2CCN(C)C(c3ccccc3OC)C2)ccc1OCc1ccccn1. The van der Waals surface area contributed by atoms with Crippen molar-refractivity contribution in [3.05, 3.63) is 83.7 Å². The molecule has 1 unspecified atom stereocenters. The van der Waals surface area contributed by atoms with Crippen molar-refractivity contribution in [2.24, 2.45) is 0 Å². The summed E-state index contributed by atoms with van der Waals surface area (Å²) in [6, 6.07) is 19.0. The number of rotatable bonds is 7. The van der Waals surface area contributed by atoms with Crippen LogP contribution in [-0.2, 0) is 6.61 Å². The highest BCUT2D eigenvalue weighted by atomic mass is 16.5. The summed E-state index contributed by atoms with van der Waals surface area (Å²) < 4.78 is 16.9. The van der Waals surface area contributed by atoms with Crippen LogP contribution >= 0.6 is 0 Å². The lowest BCUT2D eigenvalue weighted by Crippen LogP contribution is -2.49. The fourth-order valence-electron chi connectivity index (χ4n) is 4.07. The maximum absolute atomic E-state index is 13.4. The predicted molar refractivity (Wildman–Crippen MR) is 126 cm³/mol. The van der Waals surface area contributed by atoms with Crippen molar-refractivity contribution in [3.8, 4) is 17.2 Å². The van der Waals surface area contributed by atoms with E-state index in [4.69, 9.17) is 14.2 Å². The van der Waals surface area contributed by atoms with E-state index in [2.05, 4.69) is 23.0 Å². The number of carbonyl (C=O) groups excluding carboxylic acids is 1.